The fourth-order valence-electron chi connectivity index (χ4n) is 1.51. The van der Waals surface area contributed by atoms with E-state index in [-0.39, 0.29) is 6.04 Å². The number of benzene rings is 1. The molecule has 0 aliphatic heterocycles. The van der Waals surface area contributed by atoms with E-state index in [4.69, 9.17) is 0 Å². The molecule has 1 nitrogen and oxygen atoms in total. The van der Waals surface area contributed by atoms with Gasteiger partial charge in [0.1, 0.15) is 0 Å². The molecule has 0 saturated carbocycles. The van der Waals surface area contributed by atoms with Gasteiger partial charge in [0, 0.05) is 11.6 Å². The predicted molar refractivity (Wildman–Crippen MR) is 57.6 cm³/mol. The highest BCUT2D eigenvalue weighted by Crippen LogP contribution is 2.23. The van der Waals surface area contributed by atoms with Gasteiger partial charge in [0.2, 0.25) is 0 Å². The van der Waals surface area contributed by atoms with E-state index in [1.54, 1.807) is 13.1 Å². The second kappa shape index (κ2) is 5.03. The number of hydrogen-bond acceptors (Lipinski definition) is 1. The first kappa shape index (κ1) is 11.9. The molecule has 1 aromatic rings. The van der Waals surface area contributed by atoms with Crippen LogP contribution in [-0.4, -0.2) is 7.05 Å². The zero-order valence-electron chi connectivity index (χ0n) is 8.98. The van der Waals surface area contributed by atoms with E-state index in [1.165, 1.54) is 6.07 Å². The lowest BCUT2D eigenvalue weighted by Gasteiger charge is -2.17. The summed E-state index contributed by atoms with van der Waals surface area (Å²) in [4.78, 5) is 0. The fraction of sp³-hybridized carbons (Fsp3) is 0.333. The molecule has 0 heterocycles. The molecule has 1 unspecified atom stereocenters. The number of hydrogen-bond donors (Lipinski definition) is 1. The Morgan fingerprint density at radius 3 is 2.67 bits per heavy atom. The van der Waals surface area contributed by atoms with Gasteiger partial charge in [-0.05, 0) is 26.5 Å². The smallest absolute Gasteiger partial charge is 0.163 e. The molecule has 15 heavy (non-hydrogen) atoms. The second-order valence-corrected chi connectivity index (χ2v) is 3.65. The summed E-state index contributed by atoms with van der Waals surface area (Å²) < 4.78 is 26.4. The largest absolute Gasteiger partial charge is 0.313 e. The van der Waals surface area contributed by atoms with Crippen LogP contribution < -0.4 is 5.32 Å². The van der Waals surface area contributed by atoms with E-state index in [2.05, 4.69) is 11.9 Å². The zero-order chi connectivity index (χ0) is 11.4. The van der Waals surface area contributed by atoms with Gasteiger partial charge in [0.25, 0.3) is 0 Å². The molecule has 0 amide bonds. The average molecular weight is 211 g/mol. The molecule has 3 heteroatoms. The molecule has 0 fully saturated rings. The van der Waals surface area contributed by atoms with Crippen LogP contribution >= 0.6 is 0 Å². The van der Waals surface area contributed by atoms with E-state index in [9.17, 15) is 8.78 Å². The number of rotatable bonds is 4. The topological polar surface area (TPSA) is 12.0 Å². The summed E-state index contributed by atoms with van der Waals surface area (Å²) in [6.07, 6.45) is 0.594. The molecule has 0 spiro atoms. The fourth-order valence-corrected chi connectivity index (χ4v) is 1.51. The second-order valence-electron chi connectivity index (χ2n) is 3.65. The molecule has 1 N–H and O–H groups in total. The Hall–Kier alpha value is -1.22. The molecule has 0 aromatic heterocycles. The summed E-state index contributed by atoms with van der Waals surface area (Å²) in [6, 6.07) is 3.99. The van der Waals surface area contributed by atoms with Gasteiger partial charge in [0.15, 0.2) is 11.6 Å². The minimum Gasteiger partial charge on any atom is -0.313 e. The maximum absolute atomic E-state index is 13.4. The Morgan fingerprint density at radius 1 is 1.47 bits per heavy atom. The first-order valence-electron chi connectivity index (χ1n) is 4.81. The van der Waals surface area contributed by atoms with Gasteiger partial charge in [-0.25, -0.2) is 8.78 Å². The molecule has 1 rings (SSSR count). The molecular weight excluding hydrogens is 196 g/mol. The van der Waals surface area contributed by atoms with Crippen molar-refractivity contribution >= 4 is 0 Å². The summed E-state index contributed by atoms with van der Waals surface area (Å²) in [5.41, 5.74) is 1.28. The van der Waals surface area contributed by atoms with Gasteiger partial charge < -0.3 is 5.32 Å². The summed E-state index contributed by atoms with van der Waals surface area (Å²) in [6.45, 7) is 5.63. The van der Waals surface area contributed by atoms with Gasteiger partial charge in [-0.3, -0.25) is 0 Å². The molecule has 0 saturated heterocycles. The Kier molecular flexibility index (Phi) is 3.97. The average Bonchev–Trinajstić information content (AvgIpc) is 2.19. The van der Waals surface area contributed by atoms with Crippen LogP contribution in [-0.2, 0) is 0 Å². The Bertz CT molecular complexity index is 361. The van der Waals surface area contributed by atoms with Crippen LogP contribution in [0.5, 0.6) is 0 Å². The van der Waals surface area contributed by atoms with E-state index in [1.807, 2.05) is 6.92 Å². The van der Waals surface area contributed by atoms with Crippen molar-refractivity contribution in [2.75, 3.05) is 7.05 Å². The van der Waals surface area contributed by atoms with Gasteiger partial charge >= 0.3 is 0 Å². The first-order chi connectivity index (χ1) is 7.06. The van der Waals surface area contributed by atoms with Crippen molar-refractivity contribution in [1.29, 1.82) is 0 Å². The standard InChI is InChI=1S/C12H15F2N/c1-8(2)7-11(15-3)9-5-4-6-10(13)12(9)14/h4-6,11,15H,1,7H2,2-3H3. The Balaban J connectivity index is 3.01. The highest BCUT2D eigenvalue weighted by Gasteiger charge is 2.16. The summed E-state index contributed by atoms with van der Waals surface area (Å²) in [5.74, 6) is -1.59. The van der Waals surface area contributed by atoms with Crippen molar-refractivity contribution in [3.63, 3.8) is 0 Å². The van der Waals surface area contributed by atoms with E-state index in [0.717, 1.165) is 11.6 Å². The van der Waals surface area contributed by atoms with E-state index in [0.29, 0.717) is 12.0 Å². The van der Waals surface area contributed by atoms with Crippen LogP contribution in [0.1, 0.15) is 24.9 Å². The van der Waals surface area contributed by atoms with E-state index >= 15 is 0 Å². The van der Waals surface area contributed by atoms with Crippen molar-refractivity contribution in [2.24, 2.45) is 0 Å². The molecule has 82 valence electrons. The van der Waals surface area contributed by atoms with Crippen LogP contribution in [0.4, 0.5) is 8.78 Å². The number of halogens is 2. The van der Waals surface area contributed by atoms with Gasteiger partial charge in [-0.2, -0.15) is 0 Å². The Morgan fingerprint density at radius 2 is 2.13 bits per heavy atom. The van der Waals surface area contributed by atoms with Crippen molar-refractivity contribution in [3.8, 4) is 0 Å². The lowest BCUT2D eigenvalue weighted by atomic mass is 10.00. The van der Waals surface area contributed by atoms with Crippen LogP contribution in [0.25, 0.3) is 0 Å². The summed E-state index contributed by atoms with van der Waals surface area (Å²) in [5, 5.41) is 2.95. The van der Waals surface area contributed by atoms with Crippen molar-refractivity contribution < 1.29 is 8.78 Å². The first-order valence-corrected chi connectivity index (χ1v) is 4.81. The summed E-state index contributed by atoms with van der Waals surface area (Å²) in [7, 11) is 1.72. The number of nitrogens with one attached hydrogen (secondary N) is 1. The maximum Gasteiger partial charge on any atom is 0.163 e. The third-order valence-electron chi connectivity index (χ3n) is 2.26. The lowest BCUT2D eigenvalue weighted by molar-refractivity contribution is 0.473. The minimum atomic E-state index is -0.811. The van der Waals surface area contributed by atoms with Crippen molar-refractivity contribution in [1.82, 2.24) is 5.32 Å². The molecule has 0 radical (unpaired) electrons. The molecule has 0 aliphatic carbocycles. The monoisotopic (exact) mass is 211 g/mol. The normalized spacial score (nSPS) is 12.5. The molecule has 0 bridgehead atoms. The lowest BCUT2D eigenvalue weighted by Crippen LogP contribution is -2.18. The van der Waals surface area contributed by atoms with Crippen LogP contribution in [0.15, 0.2) is 30.4 Å². The van der Waals surface area contributed by atoms with Crippen LogP contribution in [0, 0.1) is 11.6 Å². The van der Waals surface area contributed by atoms with Crippen molar-refractivity contribution in [3.05, 3.63) is 47.5 Å². The molecule has 0 aliphatic rings. The van der Waals surface area contributed by atoms with Gasteiger partial charge in [0.05, 0.1) is 0 Å². The van der Waals surface area contributed by atoms with Crippen molar-refractivity contribution in [2.45, 2.75) is 19.4 Å². The minimum absolute atomic E-state index is 0.224. The summed E-state index contributed by atoms with van der Waals surface area (Å²) >= 11 is 0. The van der Waals surface area contributed by atoms with Gasteiger partial charge in [-0.15, -0.1) is 6.58 Å². The predicted octanol–water partition coefficient (Wildman–Crippen LogP) is 3.19. The highest BCUT2D eigenvalue weighted by atomic mass is 19.2. The molecule has 1 atom stereocenters. The van der Waals surface area contributed by atoms with Crippen LogP contribution in [0.2, 0.25) is 0 Å². The molecule has 1 aromatic carbocycles. The quantitative estimate of drug-likeness (QED) is 0.754. The highest BCUT2D eigenvalue weighted by molar-refractivity contribution is 5.23. The zero-order valence-corrected chi connectivity index (χ0v) is 8.98. The van der Waals surface area contributed by atoms with E-state index < -0.39 is 11.6 Å². The SMILES string of the molecule is C=C(C)CC(NC)c1cccc(F)c1F. The molecular formula is C12H15F2N. The third-order valence-corrected chi connectivity index (χ3v) is 2.26. The maximum atomic E-state index is 13.4. The van der Waals surface area contributed by atoms with Crippen LogP contribution in [0.3, 0.4) is 0 Å². The van der Waals surface area contributed by atoms with Gasteiger partial charge in [-0.1, -0.05) is 17.7 Å². The Labute approximate surface area is 88.8 Å². The third kappa shape index (κ3) is 2.86.